The summed E-state index contributed by atoms with van der Waals surface area (Å²) < 4.78 is 2.02. The zero-order chi connectivity index (χ0) is 17.6. The van der Waals surface area contributed by atoms with Crippen LogP contribution in [0.5, 0.6) is 0 Å². The predicted octanol–water partition coefficient (Wildman–Crippen LogP) is 3.07. The number of nitrogens with one attached hydrogen (secondary N) is 2. The molecule has 0 spiro atoms. The molecule has 1 aromatic heterocycles. The maximum atomic E-state index is 4.85. The van der Waals surface area contributed by atoms with Gasteiger partial charge >= 0.3 is 0 Å². The van der Waals surface area contributed by atoms with Gasteiger partial charge < -0.3 is 15.2 Å². The summed E-state index contributed by atoms with van der Waals surface area (Å²) in [7, 11) is 2.00. The Morgan fingerprint density at radius 1 is 1.00 bits per heavy atom. The highest BCUT2D eigenvalue weighted by atomic mass is 15.3. The number of nitrogens with zero attached hydrogens (tertiary/aromatic N) is 4. The molecule has 1 aromatic rings. The Balaban J connectivity index is 1.64. The Morgan fingerprint density at radius 3 is 2.24 bits per heavy atom. The summed E-state index contributed by atoms with van der Waals surface area (Å²) >= 11 is 0. The van der Waals surface area contributed by atoms with Crippen molar-refractivity contribution in [2.75, 3.05) is 0 Å². The van der Waals surface area contributed by atoms with E-state index < -0.39 is 0 Å². The van der Waals surface area contributed by atoms with Crippen LogP contribution in [0.3, 0.4) is 0 Å². The van der Waals surface area contributed by atoms with E-state index in [1.54, 1.807) is 0 Å². The molecule has 2 fully saturated rings. The summed E-state index contributed by atoms with van der Waals surface area (Å²) in [4.78, 5) is 4.85. The van der Waals surface area contributed by atoms with Crippen molar-refractivity contribution >= 4 is 5.96 Å². The van der Waals surface area contributed by atoms with Crippen LogP contribution in [0.4, 0.5) is 0 Å². The van der Waals surface area contributed by atoms with E-state index in [4.69, 9.17) is 4.99 Å². The summed E-state index contributed by atoms with van der Waals surface area (Å²) in [5, 5.41) is 15.8. The number of guanidine groups is 1. The van der Waals surface area contributed by atoms with Crippen LogP contribution in [0, 0.1) is 12.8 Å². The van der Waals surface area contributed by atoms with E-state index in [1.807, 2.05) is 18.5 Å². The Morgan fingerprint density at radius 2 is 1.64 bits per heavy atom. The minimum atomic E-state index is 0.548. The van der Waals surface area contributed by atoms with Crippen LogP contribution in [0.1, 0.15) is 76.4 Å². The molecule has 0 saturated heterocycles. The van der Waals surface area contributed by atoms with Crippen molar-refractivity contribution < 1.29 is 0 Å². The third-order valence-electron chi connectivity index (χ3n) is 5.86. The van der Waals surface area contributed by atoms with E-state index >= 15 is 0 Å². The molecule has 0 aromatic carbocycles. The molecule has 2 N–H and O–H groups in total. The molecule has 0 unspecified atom stereocenters. The molecule has 1 heterocycles. The van der Waals surface area contributed by atoms with Crippen molar-refractivity contribution in [3.05, 3.63) is 11.6 Å². The van der Waals surface area contributed by atoms with Gasteiger partial charge in [0.05, 0.1) is 0 Å². The zero-order valence-electron chi connectivity index (χ0n) is 16.1. The topological polar surface area (TPSA) is 67.1 Å². The standard InChI is InChI=1S/C19H34N6/c1-14-9-11-17(12-10-14)22-19(21-16-7-5-4-6-8-16)20-13-18-24-23-15(2)25(18)3/h14,16-17H,4-13H2,1-3H3,(H2,20,21,22). The SMILES string of the molecule is Cc1nnc(CN=C(NC2CCCCC2)NC2CCC(C)CC2)n1C. The Hall–Kier alpha value is -1.59. The minimum absolute atomic E-state index is 0.548. The minimum Gasteiger partial charge on any atom is -0.354 e. The van der Waals surface area contributed by atoms with Gasteiger partial charge in [0.25, 0.3) is 0 Å². The van der Waals surface area contributed by atoms with Gasteiger partial charge in [-0.05, 0) is 51.4 Å². The van der Waals surface area contributed by atoms with Gasteiger partial charge in [-0.25, -0.2) is 4.99 Å². The van der Waals surface area contributed by atoms with E-state index in [9.17, 15) is 0 Å². The van der Waals surface area contributed by atoms with Crippen molar-refractivity contribution in [1.29, 1.82) is 0 Å². The summed E-state index contributed by atoms with van der Waals surface area (Å²) in [6, 6.07) is 1.11. The fraction of sp³-hybridized carbons (Fsp3) is 0.842. The molecule has 25 heavy (non-hydrogen) atoms. The average molecular weight is 347 g/mol. The van der Waals surface area contributed by atoms with E-state index in [-0.39, 0.29) is 0 Å². The lowest BCUT2D eigenvalue weighted by molar-refractivity contribution is 0.326. The number of hydrogen-bond acceptors (Lipinski definition) is 3. The third-order valence-corrected chi connectivity index (χ3v) is 5.86. The molecule has 2 saturated carbocycles. The van der Waals surface area contributed by atoms with Crippen LogP contribution in [0.2, 0.25) is 0 Å². The highest BCUT2D eigenvalue weighted by Gasteiger charge is 2.21. The number of aromatic nitrogens is 3. The molecule has 2 aliphatic rings. The van der Waals surface area contributed by atoms with Gasteiger partial charge in [-0.1, -0.05) is 26.2 Å². The molecule has 0 aliphatic heterocycles. The highest BCUT2D eigenvalue weighted by Crippen LogP contribution is 2.23. The van der Waals surface area contributed by atoms with Crippen LogP contribution in [0.25, 0.3) is 0 Å². The molecule has 2 aliphatic carbocycles. The highest BCUT2D eigenvalue weighted by molar-refractivity contribution is 5.80. The molecular formula is C19H34N6. The van der Waals surface area contributed by atoms with Crippen LogP contribution >= 0.6 is 0 Å². The predicted molar refractivity (Wildman–Crippen MR) is 101 cm³/mol. The maximum absolute atomic E-state index is 4.85. The molecule has 140 valence electrons. The lowest BCUT2D eigenvalue weighted by atomic mass is 9.87. The molecule has 0 amide bonds. The molecule has 6 heteroatoms. The first-order chi connectivity index (χ1) is 12.1. The van der Waals surface area contributed by atoms with Crippen molar-refractivity contribution in [1.82, 2.24) is 25.4 Å². The van der Waals surface area contributed by atoms with Gasteiger partial charge in [-0.3, -0.25) is 0 Å². The fourth-order valence-electron chi connectivity index (χ4n) is 3.91. The van der Waals surface area contributed by atoms with Crippen LogP contribution in [-0.4, -0.2) is 32.8 Å². The van der Waals surface area contributed by atoms with Crippen molar-refractivity contribution in [2.24, 2.45) is 18.0 Å². The van der Waals surface area contributed by atoms with E-state index in [2.05, 4.69) is 27.8 Å². The van der Waals surface area contributed by atoms with Gasteiger partial charge in [0.2, 0.25) is 0 Å². The average Bonchev–Trinajstić information content (AvgIpc) is 2.94. The molecule has 6 nitrogen and oxygen atoms in total. The van der Waals surface area contributed by atoms with Gasteiger partial charge in [-0.2, -0.15) is 0 Å². The van der Waals surface area contributed by atoms with Crippen molar-refractivity contribution in [3.8, 4) is 0 Å². The Bertz CT molecular complexity index is 564. The first kappa shape index (κ1) is 18.2. The van der Waals surface area contributed by atoms with Crippen molar-refractivity contribution in [2.45, 2.75) is 90.3 Å². The zero-order valence-corrected chi connectivity index (χ0v) is 16.1. The fourth-order valence-corrected chi connectivity index (χ4v) is 3.91. The van der Waals surface area contributed by atoms with Gasteiger partial charge in [-0.15, -0.1) is 10.2 Å². The van der Waals surface area contributed by atoms with Gasteiger partial charge in [0.15, 0.2) is 11.8 Å². The normalized spacial score (nSPS) is 25.8. The quantitative estimate of drug-likeness (QED) is 0.649. The first-order valence-electron chi connectivity index (χ1n) is 10.0. The number of aryl methyl sites for hydroxylation is 1. The van der Waals surface area contributed by atoms with E-state index in [1.165, 1.54) is 57.8 Å². The molecular weight excluding hydrogens is 312 g/mol. The van der Waals surface area contributed by atoms with E-state index in [0.717, 1.165) is 23.5 Å². The maximum Gasteiger partial charge on any atom is 0.192 e. The second-order valence-electron chi connectivity index (χ2n) is 7.97. The smallest absolute Gasteiger partial charge is 0.192 e. The second-order valence-corrected chi connectivity index (χ2v) is 7.97. The summed E-state index contributed by atoms with van der Waals surface area (Å²) in [6.45, 7) is 4.91. The lowest BCUT2D eigenvalue weighted by Crippen LogP contribution is -2.48. The third kappa shape index (κ3) is 5.19. The van der Waals surface area contributed by atoms with Crippen LogP contribution in [0.15, 0.2) is 4.99 Å². The summed E-state index contributed by atoms with van der Waals surface area (Å²) in [6.07, 6.45) is 11.7. The first-order valence-corrected chi connectivity index (χ1v) is 10.0. The molecule has 3 rings (SSSR count). The Kier molecular flexibility index (Phi) is 6.32. The van der Waals surface area contributed by atoms with Crippen LogP contribution in [-0.2, 0) is 13.6 Å². The number of hydrogen-bond donors (Lipinski definition) is 2. The van der Waals surface area contributed by atoms with Gasteiger partial charge in [0, 0.05) is 19.1 Å². The lowest BCUT2D eigenvalue weighted by Gasteiger charge is -2.31. The van der Waals surface area contributed by atoms with E-state index in [0.29, 0.717) is 18.6 Å². The number of aliphatic imine (C=N–C) groups is 1. The summed E-state index contributed by atoms with van der Waals surface area (Å²) in [5.74, 6) is 3.68. The monoisotopic (exact) mass is 346 g/mol. The number of rotatable bonds is 4. The largest absolute Gasteiger partial charge is 0.354 e. The van der Waals surface area contributed by atoms with Crippen LogP contribution < -0.4 is 10.6 Å². The Labute approximate surface area is 151 Å². The summed E-state index contributed by atoms with van der Waals surface area (Å²) in [5.41, 5.74) is 0. The second kappa shape index (κ2) is 8.68. The van der Waals surface area contributed by atoms with Gasteiger partial charge in [0.1, 0.15) is 12.4 Å². The van der Waals surface area contributed by atoms with Crippen molar-refractivity contribution in [3.63, 3.8) is 0 Å². The molecule has 0 atom stereocenters. The molecule has 0 radical (unpaired) electrons. The molecule has 0 bridgehead atoms.